The van der Waals surface area contributed by atoms with E-state index in [2.05, 4.69) is 5.32 Å². The Morgan fingerprint density at radius 1 is 1.36 bits per heavy atom. The lowest BCUT2D eigenvalue weighted by Gasteiger charge is -2.33. The Morgan fingerprint density at radius 2 is 2.05 bits per heavy atom. The van der Waals surface area contributed by atoms with E-state index in [1.54, 1.807) is 6.92 Å². The maximum Gasteiger partial charge on any atom is 0.326 e. The van der Waals surface area contributed by atoms with Gasteiger partial charge in [-0.2, -0.15) is 0 Å². The summed E-state index contributed by atoms with van der Waals surface area (Å²) in [4.78, 5) is 25.4. The van der Waals surface area contributed by atoms with E-state index < -0.39 is 11.5 Å². The monoisotopic (exact) mass is 322 g/mol. The number of nitrogens with zero attached hydrogens (tertiary/aromatic N) is 1. The number of carbonyl (C=O) groups excluding carboxylic acids is 2. The Hall–Kier alpha value is -2.01. The van der Waals surface area contributed by atoms with E-state index in [0.717, 1.165) is 11.3 Å². The molecule has 0 fully saturated rings. The van der Waals surface area contributed by atoms with Gasteiger partial charge in [0.15, 0.2) is 5.50 Å². The maximum absolute atomic E-state index is 12.1. The van der Waals surface area contributed by atoms with Gasteiger partial charge in [-0.1, -0.05) is 48.9 Å². The van der Waals surface area contributed by atoms with Crippen molar-refractivity contribution in [3.63, 3.8) is 0 Å². The molecule has 22 heavy (non-hydrogen) atoms. The molecule has 1 N–H and O–H groups in total. The molecule has 1 heterocycles. The van der Waals surface area contributed by atoms with E-state index in [0.29, 0.717) is 12.1 Å². The molecule has 6 heteroatoms. The van der Waals surface area contributed by atoms with Crippen LogP contribution in [0.25, 0.3) is 0 Å². The predicted octanol–water partition coefficient (Wildman–Crippen LogP) is 2.37. The van der Waals surface area contributed by atoms with Gasteiger partial charge < -0.3 is 15.0 Å². The highest BCUT2D eigenvalue weighted by molar-refractivity contribution is 6.31. The molecule has 1 aliphatic rings. The van der Waals surface area contributed by atoms with E-state index in [4.69, 9.17) is 16.3 Å². The molecule has 1 aliphatic heterocycles. The van der Waals surface area contributed by atoms with Crippen molar-refractivity contribution in [2.24, 2.45) is 0 Å². The van der Waals surface area contributed by atoms with Crippen molar-refractivity contribution in [1.29, 1.82) is 0 Å². The van der Waals surface area contributed by atoms with E-state index >= 15 is 0 Å². The van der Waals surface area contributed by atoms with Crippen molar-refractivity contribution in [3.05, 3.63) is 47.3 Å². The Labute approximate surface area is 134 Å². The third-order valence-corrected chi connectivity index (χ3v) is 3.80. The predicted molar refractivity (Wildman–Crippen MR) is 83.7 cm³/mol. The molecule has 2 rings (SSSR count). The highest BCUT2D eigenvalue weighted by atomic mass is 35.5. The van der Waals surface area contributed by atoms with E-state index in [-0.39, 0.29) is 19.1 Å². The Bertz CT molecular complexity index is 586. The average Bonchev–Trinajstić information content (AvgIpc) is 2.54. The second-order valence-corrected chi connectivity index (χ2v) is 5.43. The highest BCUT2D eigenvalue weighted by Gasteiger charge is 2.31. The average molecular weight is 323 g/mol. The summed E-state index contributed by atoms with van der Waals surface area (Å²) in [6.07, 6.45) is 0.706. The van der Waals surface area contributed by atoms with Gasteiger partial charge in [0.05, 0.1) is 0 Å². The number of halogens is 1. The first-order valence-electron chi connectivity index (χ1n) is 7.14. The van der Waals surface area contributed by atoms with Gasteiger partial charge in [0.2, 0.25) is 0 Å². The van der Waals surface area contributed by atoms with Crippen molar-refractivity contribution in [2.45, 2.75) is 32.4 Å². The molecule has 0 radical (unpaired) electrons. The third-order valence-electron chi connectivity index (χ3n) is 3.51. The number of amides is 1. The minimum absolute atomic E-state index is 0.133. The molecular weight excluding hydrogens is 304 g/mol. The molecule has 5 nitrogen and oxygen atoms in total. The van der Waals surface area contributed by atoms with Crippen LogP contribution in [0.4, 0.5) is 0 Å². The molecule has 1 amide bonds. The summed E-state index contributed by atoms with van der Waals surface area (Å²) >= 11 is 5.97. The molecule has 1 aromatic rings. The number of carbonyl (C=O) groups is 2. The van der Waals surface area contributed by atoms with Gasteiger partial charge in [-0.25, -0.2) is 0 Å². The molecular formula is C16H19ClN2O3. The lowest BCUT2D eigenvalue weighted by molar-refractivity contribution is -0.149. The molecule has 1 atom stereocenters. The second-order valence-electron chi connectivity index (χ2n) is 5.00. The first-order chi connectivity index (χ1) is 10.5. The Balaban J connectivity index is 1.99. The molecule has 0 saturated heterocycles. The fraction of sp³-hybridized carbons (Fsp3) is 0.375. The van der Waals surface area contributed by atoms with Crippen LogP contribution in [0.2, 0.25) is 0 Å². The Kier molecular flexibility index (Phi) is 5.44. The first-order valence-corrected chi connectivity index (χ1v) is 7.57. The van der Waals surface area contributed by atoms with Crippen molar-refractivity contribution in [2.75, 3.05) is 6.54 Å². The summed E-state index contributed by atoms with van der Waals surface area (Å²) in [5, 5.41) is 2.93. The van der Waals surface area contributed by atoms with Crippen LogP contribution in [0.15, 0.2) is 41.7 Å². The minimum atomic E-state index is -0.847. The van der Waals surface area contributed by atoms with E-state index in [9.17, 15) is 9.59 Å². The van der Waals surface area contributed by atoms with Gasteiger partial charge >= 0.3 is 5.97 Å². The van der Waals surface area contributed by atoms with E-state index in [1.165, 1.54) is 4.90 Å². The van der Waals surface area contributed by atoms with Crippen LogP contribution < -0.4 is 5.32 Å². The van der Waals surface area contributed by atoms with Crippen LogP contribution in [0.5, 0.6) is 0 Å². The molecule has 0 saturated carbocycles. The zero-order valence-corrected chi connectivity index (χ0v) is 13.4. The number of nitrogens with one attached hydrogen (secondary N) is 1. The van der Waals surface area contributed by atoms with Gasteiger partial charge in [-0.15, -0.1) is 0 Å². The van der Waals surface area contributed by atoms with Crippen LogP contribution in [0.1, 0.15) is 25.8 Å². The summed E-state index contributed by atoms with van der Waals surface area (Å²) in [7, 11) is 0. The molecule has 118 valence electrons. The molecule has 0 spiro atoms. The molecule has 0 aliphatic carbocycles. The molecule has 1 aromatic carbocycles. The summed E-state index contributed by atoms with van der Waals surface area (Å²) in [6.45, 7) is 3.80. The summed E-state index contributed by atoms with van der Waals surface area (Å²) in [5.74, 6) is -0.800. The van der Waals surface area contributed by atoms with Gasteiger partial charge in [0.1, 0.15) is 13.2 Å². The maximum atomic E-state index is 12.1. The molecule has 0 aromatic heterocycles. The van der Waals surface area contributed by atoms with E-state index in [1.807, 2.05) is 37.3 Å². The fourth-order valence-corrected chi connectivity index (χ4v) is 2.50. The largest absolute Gasteiger partial charge is 0.459 e. The summed E-state index contributed by atoms with van der Waals surface area (Å²) in [5.41, 5.74) is 1.62. The lowest BCUT2D eigenvalue weighted by atomic mass is 10.2. The SMILES string of the molecule is CCC1=C(C)N(CC(=O)OCc2ccccc2)C(=O)C(Cl)N1. The summed E-state index contributed by atoms with van der Waals surface area (Å²) in [6, 6.07) is 9.39. The standard InChI is InChI=1S/C16H19ClN2O3/c1-3-13-11(2)19(16(21)15(17)18-13)9-14(20)22-10-12-7-5-4-6-8-12/h4-8,15,18H,3,9-10H2,1-2H3. The van der Waals surface area contributed by atoms with Crippen LogP contribution in [-0.2, 0) is 20.9 Å². The van der Waals surface area contributed by atoms with Crippen molar-refractivity contribution in [3.8, 4) is 0 Å². The number of hydrogen-bond acceptors (Lipinski definition) is 4. The third kappa shape index (κ3) is 3.80. The zero-order chi connectivity index (χ0) is 16.1. The molecule has 0 bridgehead atoms. The fourth-order valence-electron chi connectivity index (χ4n) is 2.25. The number of ether oxygens (including phenoxy) is 1. The number of alkyl halides is 1. The number of benzene rings is 1. The van der Waals surface area contributed by atoms with Gasteiger partial charge in [-0.05, 0) is 18.9 Å². The number of esters is 1. The van der Waals surface area contributed by atoms with Crippen LogP contribution in [0.3, 0.4) is 0 Å². The van der Waals surface area contributed by atoms with Gasteiger partial charge in [0.25, 0.3) is 5.91 Å². The number of rotatable bonds is 5. The number of hydrogen-bond donors (Lipinski definition) is 1. The smallest absolute Gasteiger partial charge is 0.326 e. The molecule has 1 unspecified atom stereocenters. The quantitative estimate of drug-likeness (QED) is 0.513. The second kappa shape index (κ2) is 7.31. The van der Waals surface area contributed by atoms with Crippen molar-refractivity contribution in [1.82, 2.24) is 10.2 Å². The first kappa shape index (κ1) is 16.4. The minimum Gasteiger partial charge on any atom is -0.459 e. The topological polar surface area (TPSA) is 58.6 Å². The summed E-state index contributed by atoms with van der Waals surface area (Å²) < 4.78 is 5.21. The van der Waals surface area contributed by atoms with Crippen LogP contribution in [-0.4, -0.2) is 28.8 Å². The van der Waals surface area contributed by atoms with Crippen LogP contribution in [0, 0.1) is 0 Å². The number of allylic oxidation sites excluding steroid dienone is 2. The normalized spacial score (nSPS) is 18.2. The zero-order valence-electron chi connectivity index (χ0n) is 12.6. The van der Waals surface area contributed by atoms with Crippen LogP contribution >= 0.6 is 11.6 Å². The van der Waals surface area contributed by atoms with Crippen molar-refractivity contribution >= 4 is 23.5 Å². The van der Waals surface area contributed by atoms with Gasteiger partial charge in [0, 0.05) is 11.4 Å². The lowest BCUT2D eigenvalue weighted by Crippen LogP contribution is -2.49. The Morgan fingerprint density at radius 3 is 2.68 bits per heavy atom. The van der Waals surface area contributed by atoms with Crippen molar-refractivity contribution < 1.29 is 14.3 Å². The highest BCUT2D eigenvalue weighted by Crippen LogP contribution is 2.20. The van der Waals surface area contributed by atoms with Gasteiger partial charge in [-0.3, -0.25) is 9.59 Å².